The van der Waals surface area contributed by atoms with Crippen molar-refractivity contribution in [2.24, 2.45) is 0 Å². The molecule has 1 aromatic heterocycles. The highest BCUT2D eigenvalue weighted by molar-refractivity contribution is 7.36. The van der Waals surface area contributed by atoms with Crippen LogP contribution >= 0.6 is 22.7 Å². The van der Waals surface area contributed by atoms with Gasteiger partial charge in [0.2, 0.25) is 0 Å². The fourth-order valence-electron chi connectivity index (χ4n) is 0.656. The second kappa shape index (κ2) is 3.78. The summed E-state index contributed by atoms with van der Waals surface area (Å²) in [6.45, 7) is 3.03. The normalized spacial score (nSPS) is 9.50. The van der Waals surface area contributed by atoms with Crippen LogP contribution in [0.4, 0.5) is 0 Å². The Hall–Kier alpha value is -0.740. The quantitative estimate of drug-likeness (QED) is 0.698. The summed E-state index contributed by atoms with van der Waals surface area (Å²) in [5.41, 5.74) is 0. The summed E-state index contributed by atoms with van der Waals surface area (Å²) in [4.78, 5) is 21.2. The molecule has 0 fully saturated rings. The van der Waals surface area contributed by atoms with Crippen LogP contribution in [0.2, 0.25) is 0 Å². The summed E-state index contributed by atoms with van der Waals surface area (Å²) in [7, 11) is 0. The van der Waals surface area contributed by atoms with Crippen molar-refractivity contribution in [1.29, 1.82) is 0 Å². The molecule has 4 heteroatoms. The topological polar surface area (TPSA) is 34.1 Å². The minimum Gasteiger partial charge on any atom is -0.295 e. The number of carbonyl (C=O) groups is 2. The van der Waals surface area contributed by atoms with Gasteiger partial charge in [-0.2, -0.15) is 0 Å². The van der Waals surface area contributed by atoms with E-state index in [4.69, 9.17) is 0 Å². The zero-order chi connectivity index (χ0) is 9.14. The number of rotatable bonds is 2. The molecule has 12 heavy (non-hydrogen) atoms. The molecule has 64 valence electrons. The van der Waals surface area contributed by atoms with Crippen LogP contribution in [0.3, 0.4) is 0 Å². The van der Waals surface area contributed by atoms with E-state index in [1.54, 1.807) is 12.2 Å². The van der Waals surface area contributed by atoms with E-state index < -0.39 is 0 Å². The average molecular weight is 200 g/mol. The summed E-state index contributed by atoms with van der Waals surface area (Å²) >= 11 is 2.95. The SMILES string of the molecule is CC(=O)C=c1sc(=CC(C)=O)s1. The third kappa shape index (κ3) is 2.71. The van der Waals surface area contributed by atoms with Crippen LogP contribution in [0.25, 0.3) is 12.2 Å². The van der Waals surface area contributed by atoms with Gasteiger partial charge in [0.1, 0.15) is 0 Å². The van der Waals surface area contributed by atoms with Crippen molar-refractivity contribution in [3.8, 4) is 0 Å². The molecule has 0 aliphatic rings. The Labute approximate surface area is 77.8 Å². The van der Waals surface area contributed by atoms with Crippen molar-refractivity contribution in [2.45, 2.75) is 13.8 Å². The van der Waals surface area contributed by atoms with E-state index in [2.05, 4.69) is 0 Å². The highest BCUT2D eigenvalue weighted by Gasteiger charge is 1.93. The summed E-state index contributed by atoms with van der Waals surface area (Å²) < 4.78 is 1.94. The molecule has 0 aromatic carbocycles. The maximum atomic E-state index is 10.6. The largest absolute Gasteiger partial charge is 0.295 e. The second-order valence-corrected chi connectivity index (χ2v) is 5.04. The smallest absolute Gasteiger partial charge is 0.154 e. The first kappa shape index (κ1) is 9.35. The zero-order valence-corrected chi connectivity index (χ0v) is 8.42. The lowest BCUT2D eigenvalue weighted by Gasteiger charge is -1.89. The minimum atomic E-state index is 0.0480. The number of hydrogen-bond acceptors (Lipinski definition) is 4. The molecule has 0 amide bonds. The third-order valence-electron chi connectivity index (χ3n) is 1.04. The maximum absolute atomic E-state index is 10.6. The van der Waals surface area contributed by atoms with Crippen LogP contribution in [0.15, 0.2) is 0 Å². The standard InChI is InChI=1S/C8H8O2S2/c1-5(9)3-7-11-8(12-7)4-6(2)10/h3-4H,1-2H3. The molecule has 0 atom stereocenters. The van der Waals surface area contributed by atoms with E-state index in [-0.39, 0.29) is 11.6 Å². The number of carbonyl (C=O) groups excluding carboxylic acids is 2. The molecule has 0 radical (unpaired) electrons. The van der Waals surface area contributed by atoms with Crippen LogP contribution in [0.1, 0.15) is 13.8 Å². The van der Waals surface area contributed by atoms with Crippen molar-refractivity contribution >= 4 is 46.4 Å². The Morgan fingerprint density at radius 3 is 1.58 bits per heavy atom. The Kier molecular flexibility index (Phi) is 2.94. The maximum Gasteiger partial charge on any atom is 0.154 e. The fourth-order valence-corrected chi connectivity index (χ4v) is 2.79. The van der Waals surface area contributed by atoms with Gasteiger partial charge in [0.25, 0.3) is 0 Å². The molecule has 0 saturated heterocycles. The van der Waals surface area contributed by atoms with Crippen molar-refractivity contribution in [3.05, 3.63) is 7.69 Å². The van der Waals surface area contributed by atoms with Gasteiger partial charge in [0.15, 0.2) is 11.6 Å². The molecular weight excluding hydrogens is 192 g/mol. The predicted molar refractivity (Wildman–Crippen MR) is 51.7 cm³/mol. The van der Waals surface area contributed by atoms with E-state index >= 15 is 0 Å². The van der Waals surface area contributed by atoms with Crippen molar-refractivity contribution in [1.82, 2.24) is 0 Å². The van der Waals surface area contributed by atoms with Gasteiger partial charge in [0.05, 0.1) is 7.69 Å². The molecular formula is C8H8O2S2. The lowest BCUT2D eigenvalue weighted by molar-refractivity contribution is -0.112. The Morgan fingerprint density at radius 2 is 1.33 bits per heavy atom. The Bertz CT molecular complexity index is 354. The summed E-state index contributed by atoms with van der Waals surface area (Å²) in [5, 5.41) is 0. The molecule has 0 saturated carbocycles. The number of hydrogen-bond donors (Lipinski definition) is 0. The van der Waals surface area contributed by atoms with E-state index in [0.717, 1.165) is 7.69 Å². The van der Waals surface area contributed by atoms with Crippen molar-refractivity contribution < 1.29 is 9.59 Å². The second-order valence-electron chi connectivity index (χ2n) is 2.35. The first-order chi connectivity index (χ1) is 5.58. The van der Waals surface area contributed by atoms with Gasteiger partial charge < -0.3 is 0 Å². The van der Waals surface area contributed by atoms with E-state index in [0.29, 0.717) is 0 Å². The zero-order valence-electron chi connectivity index (χ0n) is 6.79. The number of ketones is 2. The van der Waals surface area contributed by atoms with Crippen molar-refractivity contribution in [3.63, 3.8) is 0 Å². The third-order valence-corrected chi connectivity index (χ3v) is 3.32. The van der Waals surface area contributed by atoms with E-state index in [1.165, 1.54) is 36.5 Å². The van der Waals surface area contributed by atoms with Crippen LogP contribution in [-0.4, -0.2) is 11.6 Å². The Balaban J connectivity index is 2.89. The van der Waals surface area contributed by atoms with Gasteiger partial charge in [-0.05, 0) is 13.8 Å². The van der Waals surface area contributed by atoms with Gasteiger partial charge in [0, 0.05) is 12.2 Å². The summed E-state index contributed by atoms with van der Waals surface area (Å²) in [5.74, 6) is 0.0961. The highest BCUT2D eigenvalue weighted by Crippen LogP contribution is 1.89. The fraction of sp³-hybridized carbons (Fsp3) is 0.250. The van der Waals surface area contributed by atoms with E-state index in [9.17, 15) is 9.59 Å². The predicted octanol–water partition coefficient (Wildman–Crippen LogP) is 0.549. The van der Waals surface area contributed by atoms with Gasteiger partial charge in [-0.1, -0.05) is 0 Å². The van der Waals surface area contributed by atoms with Crippen LogP contribution < -0.4 is 7.69 Å². The van der Waals surface area contributed by atoms with Crippen LogP contribution in [0, 0.1) is 0 Å². The van der Waals surface area contributed by atoms with Crippen LogP contribution in [0.5, 0.6) is 0 Å². The molecule has 0 aliphatic heterocycles. The van der Waals surface area contributed by atoms with Gasteiger partial charge in [-0.15, -0.1) is 22.7 Å². The monoisotopic (exact) mass is 200 g/mol. The molecule has 1 heterocycles. The van der Waals surface area contributed by atoms with Gasteiger partial charge >= 0.3 is 0 Å². The molecule has 0 bridgehead atoms. The first-order valence-electron chi connectivity index (χ1n) is 3.38. The molecule has 2 nitrogen and oxygen atoms in total. The van der Waals surface area contributed by atoms with Crippen molar-refractivity contribution in [2.75, 3.05) is 0 Å². The van der Waals surface area contributed by atoms with Gasteiger partial charge in [-0.25, -0.2) is 0 Å². The summed E-state index contributed by atoms with van der Waals surface area (Å²) in [6.07, 6.45) is 3.15. The van der Waals surface area contributed by atoms with Crippen LogP contribution in [-0.2, 0) is 9.59 Å². The van der Waals surface area contributed by atoms with Gasteiger partial charge in [-0.3, -0.25) is 9.59 Å². The van der Waals surface area contributed by atoms with E-state index in [1.807, 2.05) is 0 Å². The molecule has 1 rings (SSSR count). The average Bonchev–Trinajstić information content (AvgIpc) is 1.80. The lowest BCUT2D eigenvalue weighted by Crippen LogP contribution is -2.12. The highest BCUT2D eigenvalue weighted by atomic mass is 32.2. The lowest BCUT2D eigenvalue weighted by atomic mass is 10.5. The molecule has 0 aliphatic carbocycles. The Morgan fingerprint density at radius 1 is 1.00 bits per heavy atom. The molecule has 1 aromatic rings. The molecule has 0 N–H and O–H groups in total. The minimum absolute atomic E-state index is 0.0480. The molecule has 0 spiro atoms. The molecule has 0 unspecified atom stereocenters. The first-order valence-corrected chi connectivity index (χ1v) is 5.01. The number of Topliss-reactive ketones (excluding diaryl/α,β-unsaturated/α-hetero) is 2. The summed E-state index contributed by atoms with van der Waals surface area (Å²) in [6, 6.07) is 0.